The molecule has 1 spiro atoms. The van der Waals surface area contributed by atoms with Crippen LogP contribution in [-0.4, -0.2) is 40.1 Å². The molecule has 146 valence electrons. The van der Waals surface area contributed by atoms with E-state index in [1.807, 2.05) is 13.0 Å². The lowest BCUT2D eigenvalue weighted by molar-refractivity contribution is -0.144. The number of ketones is 1. The Morgan fingerprint density at radius 1 is 1.44 bits per heavy atom. The van der Waals surface area contributed by atoms with Gasteiger partial charge in [-0.15, -0.1) is 6.58 Å². The van der Waals surface area contributed by atoms with Gasteiger partial charge in [-0.2, -0.15) is 0 Å². The zero-order valence-electron chi connectivity index (χ0n) is 16.4. The van der Waals surface area contributed by atoms with E-state index in [-0.39, 0.29) is 11.7 Å². The number of Topliss-reactive ketones (excluding diaryl/α,β-unsaturated/α-hetero) is 1. The Hall–Kier alpha value is -1.95. The molecule has 4 rings (SSSR count). The van der Waals surface area contributed by atoms with Gasteiger partial charge in [0.15, 0.2) is 5.72 Å². The molecular weight excluding hydrogens is 346 g/mol. The fourth-order valence-corrected chi connectivity index (χ4v) is 5.91. The average Bonchev–Trinajstić information content (AvgIpc) is 3.09. The van der Waals surface area contributed by atoms with E-state index in [4.69, 9.17) is 9.47 Å². The van der Waals surface area contributed by atoms with Crippen molar-refractivity contribution in [1.82, 2.24) is 4.90 Å². The second-order valence-corrected chi connectivity index (χ2v) is 9.28. The van der Waals surface area contributed by atoms with Gasteiger partial charge in [0.1, 0.15) is 11.4 Å². The number of amides is 2. The number of rotatable bonds is 2. The monoisotopic (exact) mass is 373 g/mol. The highest BCUT2D eigenvalue weighted by Crippen LogP contribution is 2.73. The third kappa shape index (κ3) is 1.92. The molecule has 0 aromatic heterocycles. The molecule has 0 N–H and O–H groups in total. The topological polar surface area (TPSA) is 72.9 Å². The molecule has 2 amide bonds. The van der Waals surface area contributed by atoms with Gasteiger partial charge in [-0.1, -0.05) is 19.1 Å². The van der Waals surface area contributed by atoms with Gasteiger partial charge in [0.25, 0.3) is 0 Å². The Bertz CT molecular complexity index is 780. The predicted octanol–water partition coefficient (Wildman–Crippen LogP) is 3.37. The first kappa shape index (κ1) is 18.4. The molecule has 0 aromatic carbocycles. The van der Waals surface area contributed by atoms with Crippen LogP contribution < -0.4 is 0 Å². The smallest absolute Gasteiger partial charge is 0.419 e. The van der Waals surface area contributed by atoms with Crippen molar-refractivity contribution in [2.45, 2.75) is 70.8 Å². The van der Waals surface area contributed by atoms with E-state index in [0.717, 1.165) is 4.90 Å². The van der Waals surface area contributed by atoms with Gasteiger partial charge in [-0.25, -0.2) is 9.69 Å². The van der Waals surface area contributed by atoms with Crippen molar-refractivity contribution in [3.8, 4) is 0 Å². The molecule has 2 saturated heterocycles. The zero-order chi connectivity index (χ0) is 19.8. The number of hydrogen-bond donors (Lipinski definition) is 0. The number of fused-ring (bicyclic) bond motifs is 2. The fourth-order valence-electron chi connectivity index (χ4n) is 5.91. The summed E-state index contributed by atoms with van der Waals surface area (Å²) < 4.78 is 11.9. The van der Waals surface area contributed by atoms with E-state index < -0.39 is 40.3 Å². The van der Waals surface area contributed by atoms with Crippen LogP contribution in [0.25, 0.3) is 0 Å². The molecule has 2 bridgehead atoms. The van der Waals surface area contributed by atoms with Crippen LogP contribution in [0.2, 0.25) is 0 Å². The number of hydrogen-bond acceptors (Lipinski definition) is 5. The summed E-state index contributed by atoms with van der Waals surface area (Å²) >= 11 is 0. The first-order valence-corrected chi connectivity index (χ1v) is 9.63. The van der Waals surface area contributed by atoms with Crippen molar-refractivity contribution in [2.75, 3.05) is 0 Å². The average molecular weight is 373 g/mol. The molecule has 5 atom stereocenters. The summed E-state index contributed by atoms with van der Waals surface area (Å²) in [5.74, 6) is -0.672. The van der Waals surface area contributed by atoms with Crippen molar-refractivity contribution >= 4 is 17.8 Å². The molecule has 6 nitrogen and oxygen atoms in total. The minimum Gasteiger partial charge on any atom is -0.443 e. The molecule has 4 aliphatic rings. The molecule has 3 heterocycles. The van der Waals surface area contributed by atoms with Crippen LogP contribution in [0.5, 0.6) is 0 Å². The molecule has 3 fully saturated rings. The summed E-state index contributed by atoms with van der Waals surface area (Å²) in [4.78, 5) is 40.9. The Labute approximate surface area is 159 Å². The van der Waals surface area contributed by atoms with Gasteiger partial charge < -0.3 is 9.47 Å². The number of carbonyl (C=O) groups excluding carboxylic acids is 3. The van der Waals surface area contributed by atoms with Gasteiger partial charge in [0, 0.05) is 11.8 Å². The summed E-state index contributed by atoms with van der Waals surface area (Å²) in [6.07, 6.45) is 6.22. The molecular formula is C21H27NO5. The maximum absolute atomic E-state index is 13.4. The highest BCUT2D eigenvalue weighted by Gasteiger charge is 2.84. The fraction of sp³-hybridized carbons (Fsp3) is 0.667. The molecule has 1 saturated carbocycles. The van der Waals surface area contributed by atoms with Crippen molar-refractivity contribution < 1.29 is 23.9 Å². The lowest BCUT2D eigenvalue weighted by atomic mass is 9.51. The van der Waals surface area contributed by atoms with Gasteiger partial charge in [0.2, 0.25) is 5.91 Å². The zero-order valence-corrected chi connectivity index (χ0v) is 16.4. The molecule has 0 radical (unpaired) electrons. The minimum absolute atomic E-state index is 0.0995. The SMILES string of the molecule is C=CC[C@]12C(=O)CCCC3C(=O)N(C(=O)OC(C)(C)C)[C@@]4(C=CC1O4)[C@@]32C. The highest BCUT2D eigenvalue weighted by molar-refractivity contribution is 6.01. The van der Waals surface area contributed by atoms with E-state index in [9.17, 15) is 14.4 Å². The van der Waals surface area contributed by atoms with Gasteiger partial charge in [-0.3, -0.25) is 9.59 Å². The third-order valence-corrected chi connectivity index (χ3v) is 6.94. The van der Waals surface area contributed by atoms with E-state index >= 15 is 0 Å². The number of carbonyl (C=O) groups is 3. The third-order valence-electron chi connectivity index (χ3n) is 6.94. The summed E-state index contributed by atoms with van der Waals surface area (Å²) in [6.45, 7) is 11.1. The van der Waals surface area contributed by atoms with E-state index in [2.05, 4.69) is 6.58 Å². The van der Waals surface area contributed by atoms with Gasteiger partial charge in [-0.05, 0) is 46.1 Å². The molecule has 6 heteroatoms. The van der Waals surface area contributed by atoms with Gasteiger partial charge in [0.05, 0.1) is 17.4 Å². The Morgan fingerprint density at radius 3 is 2.78 bits per heavy atom. The summed E-state index contributed by atoms with van der Waals surface area (Å²) in [7, 11) is 0. The quantitative estimate of drug-likeness (QED) is 0.694. The van der Waals surface area contributed by atoms with E-state index in [0.29, 0.717) is 25.7 Å². The molecule has 3 aliphatic heterocycles. The van der Waals surface area contributed by atoms with Crippen molar-refractivity contribution in [1.29, 1.82) is 0 Å². The first-order chi connectivity index (χ1) is 12.5. The number of nitrogens with zero attached hydrogens (tertiary/aromatic N) is 1. The predicted molar refractivity (Wildman–Crippen MR) is 97.5 cm³/mol. The van der Waals surface area contributed by atoms with Crippen molar-refractivity contribution in [3.05, 3.63) is 24.8 Å². The largest absolute Gasteiger partial charge is 0.443 e. The maximum atomic E-state index is 13.4. The van der Waals surface area contributed by atoms with Crippen LogP contribution in [0.1, 0.15) is 53.4 Å². The number of allylic oxidation sites excluding steroid dienone is 1. The lowest BCUT2D eigenvalue weighted by Gasteiger charge is -2.48. The highest BCUT2D eigenvalue weighted by atomic mass is 16.6. The molecule has 27 heavy (non-hydrogen) atoms. The van der Waals surface area contributed by atoms with Crippen molar-refractivity contribution in [2.24, 2.45) is 16.7 Å². The van der Waals surface area contributed by atoms with Crippen LogP contribution in [-0.2, 0) is 19.1 Å². The molecule has 2 unspecified atom stereocenters. The second-order valence-electron chi connectivity index (χ2n) is 9.28. The number of likely N-dealkylation sites (tertiary alicyclic amines) is 1. The van der Waals surface area contributed by atoms with Crippen molar-refractivity contribution in [3.63, 3.8) is 0 Å². The van der Waals surface area contributed by atoms with E-state index in [1.54, 1.807) is 32.9 Å². The van der Waals surface area contributed by atoms with Crippen LogP contribution in [0.3, 0.4) is 0 Å². The number of ether oxygens (including phenoxy) is 2. The lowest BCUT2D eigenvalue weighted by Crippen LogP contribution is -2.59. The molecule has 0 aromatic rings. The Kier molecular flexibility index (Phi) is 3.62. The first-order valence-electron chi connectivity index (χ1n) is 9.63. The number of imide groups is 1. The van der Waals surface area contributed by atoms with Crippen LogP contribution in [0.4, 0.5) is 4.79 Å². The van der Waals surface area contributed by atoms with Crippen LogP contribution in [0.15, 0.2) is 24.8 Å². The van der Waals surface area contributed by atoms with E-state index in [1.165, 1.54) is 0 Å². The second kappa shape index (κ2) is 5.31. The van der Waals surface area contributed by atoms with Crippen LogP contribution >= 0.6 is 0 Å². The molecule has 1 aliphatic carbocycles. The summed E-state index contributed by atoms with van der Waals surface area (Å²) in [5, 5.41) is 0. The van der Waals surface area contributed by atoms with Gasteiger partial charge >= 0.3 is 6.09 Å². The Morgan fingerprint density at radius 2 is 2.15 bits per heavy atom. The summed E-state index contributed by atoms with van der Waals surface area (Å²) in [5.41, 5.74) is -3.73. The summed E-state index contributed by atoms with van der Waals surface area (Å²) in [6, 6.07) is 0. The van der Waals surface area contributed by atoms with Crippen LogP contribution in [0, 0.1) is 16.7 Å². The Balaban J connectivity index is 1.91. The normalized spacial score (nSPS) is 42.3. The minimum atomic E-state index is -1.27. The standard InChI is InChI=1S/C21H27NO5/c1-6-11-20-14(23)9-7-8-13-16(24)22(17(25)27-18(2,3)4)21(19(13,20)5)12-10-15(20)26-21/h6,10,12-13,15H,1,7-9,11H2,2-5H3/t13?,15?,19-,20-,21+/m0/s1. The maximum Gasteiger partial charge on any atom is 0.419 e.